The number of nitriles is 1. The van der Waals surface area contributed by atoms with Gasteiger partial charge in [-0.2, -0.15) is 10.4 Å². The van der Waals surface area contributed by atoms with Crippen LogP contribution in [0.3, 0.4) is 0 Å². The minimum atomic E-state index is -0.0438. The van der Waals surface area contributed by atoms with Gasteiger partial charge in [0.05, 0.1) is 23.5 Å². The van der Waals surface area contributed by atoms with Gasteiger partial charge in [-0.15, -0.1) is 0 Å². The highest BCUT2D eigenvalue weighted by atomic mass is 16.1. The van der Waals surface area contributed by atoms with E-state index in [1.165, 1.54) is 6.92 Å². The maximum atomic E-state index is 11.5. The molecule has 2 aromatic rings. The predicted octanol–water partition coefficient (Wildman–Crippen LogP) is 2.25. The zero-order valence-electron chi connectivity index (χ0n) is 9.64. The predicted molar refractivity (Wildman–Crippen MR) is 63.0 cm³/mol. The Morgan fingerprint density at radius 3 is 2.76 bits per heavy atom. The first-order valence-electron chi connectivity index (χ1n) is 5.18. The lowest BCUT2D eigenvalue weighted by molar-refractivity contribution is 0.101. The minimum Gasteiger partial charge on any atom is -0.294 e. The molecule has 4 nitrogen and oxygen atoms in total. The van der Waals surface area contributed by atoms with E-state index < -0.39 is 0 Å². The molecule has 17 heavy (non-hydrogen) atoms. The number of nitrogens with zero attached hydrogens (tertiary/aromatic N) is 3. The van der Waals surface area contributed by atoms with Gasteiger partial charge in [0.15, 0.2) is 5.78 Å². The van der Waals surface area contributed by atoms with Crippen LogP contribution in [0.1, 0.15) is 28.4 Å². The van der Waals surface area contributed by atoms with Gasteiger partial charge in [-0.1, -0.05) is 0 Å². The Morgan fingerprint density at radius 2 is 2.24 bits per heavy atom. The number of rotatable bonds is 2. The molecule has 0 aliphatic carbocycles. The van der Waals surface area contributed by atoms with Gasteiger partial charge in [-0.3, -0.25) is 4.79 Å². The highest BCUT2D eigenvalue weighted by molar-refractivity contribution is 5.97. The molecule has 0 fully saturated rings. The smallest absolute Gasteiger partial charge is 0.161 e. The molecule has 1 aromatic carbocycles. The van der Waals surface area contributed by atoms with Crippen molar-refractivity contribution in [3.63, 3.8) is 0 Å². The molecule has 0 N–H and O–H groups in total. The molecule has 0 unspecified atom stereocenters. The van der Waals surface area contributed by atoms with E-state index in [1.807, 2.05) is 13.1 Å². The van der Waals surface area contributed by atoms with E-state index >= 15 is 0 Å². The van der Waals surface area contributed by atoms with Crippen LogP contribution in [0.2, 0.25) is 0 Å². The fourth-order valence-electron chi connectivity index (χ4n) is 1.63. The molecule has 2 rings (SSSR count). The van der Waals surface area contributed by atoms with Crippen LogP contribution < -0.4 is 0 Å². The summed E-state index contributed by atoms with van der Waals surface area (Å²) in [5.74, 6) is -0.0438. The SMILES string of the molecule is CC(=O)c1ccc(C#N)cc1-n1cc(C)cn1. The van der Waals surface area contributed by atoms with Crippen molar-refractivity contribution in [1.82, 2.24) is 9.78 Å². The van der Waals surface area contributed by atoms with Gasteiger partial charge in [0, 0.05) is 11.8 Å². The van der Waals surface area contributed by atoms with Crippen LogP contribution in [-0.2, 0) is 0 Å². The number of carbonyl (C=O) groups is 1. The molecule has 84 valence electrons. The Bertz CT molecular complexity index is 620. The largest absolute Gasteiger partial charge is 0.294 e. The molecule has 0 amide bonds. The van der Waals surface area contributed by atoms with Crippen LogP contribution >= 0.6 is 0 Å². The minimum absolute atomic E-state index is 0.0438. The maximum Gasteiger partial charge on any atom is 0.161 e. The molecule has 4 heteroatoms. The van der Waals surface area contributed by atoms with E-state index in [0.717, 1.165) is 5.56 Å². The number of aryl methyl sites for hydroxylation is 1. The summed E-state index contributed by atoms with van der Waals surface area (Å²) in [4.78, 5) is 11.5. The Kier molecular flexibility index (Phi) is 2.75. The Hall–Kier alpha value is -2.41. The van der Waals surface area contributed by atoms with E-state index in [0.29, 0.717) is 16.8 Å². The lowest BCUT2D eigenvalue weighted by atomic mass is 10.1. The third-order valence-electron chi connectivity index (χ3n) is 2.46. The van der Waals surface area contributed by atoms with Crippen molar-refractivity contribution in [1.29, 1.82) is 5.26 Å². The van der Waals surface area contributed by atoms with Crippen molar-refractivity contribution < 1.29 is 4.79 Å². The van der Waals surface area contributed by atoms with E-state index in [-0.39, 0.29) is 5.78 Å². The molecule has 0 aliphatic rings. The quantitative estimate of drug-likeness (QED) is 0.736. The Morgan fingerprint density at radius 1 is 1.47 bits per heavy atom. The van der Waals surface area contributed by atoms with Gasteiger partial charge in [0.2, 0.25) is 0 Å². The first-order chi connectivity index (χ1) is 8.11. The molecule has 0 atom stereocenters. The fourth-order valence-corrected chi connectivity index (χ4v) is 1.63. The molecule has 1 aromatic heterocycles. The zero-order valence-corrected chi connectivity index (χ0v) is 9.64. The van der Waals surface area contributed by atoms with Crippen molar-refractivity contribution in [3.8, 4) is 11.8 Å². The average molecular weight is 225 g/mol. The molecule has 0 saturated carbocycles. The summed E-state index contributed by atoms with van der Waals surface area (Å²) in [7, 11) is 0. The molecule has 1 heterocycles. The summed E-state index contributed by atoms with van der Waals surface area (Å²) < 4.78 is 1.62. The van der Waals surface area contributed by atoms with E-state index in [9.17, 15) is 4.79 Å². The number of carbonyl (C=O) groups excluding carboxylic acids is 1. The van der Waals surface area contributed by atoms with E-state index in [4.69, 9.17) is 5.26 Å². The second-order valence-electron chi connectivity index (χ2n) is 3.86. The number of Topliss-reactive ketones (excluding diaryl/α,β-unsaturated/α-hetero) is 1. The third-order valence-corrected chi connectivity index (χ3v) is 2.46. The van der Waals surface area contributed by atoms with Crippen LogP contribution in [0.5, 0.6) is 0 Å². The van der Waals surface area contributed by atoms with Crippen LogP contribution in [-0.4, -0.2) is 15.6 Å². The lowest BCUT2D eigenvalue weighted by Crippen LogP contribution is -2.04. The van der Waals surface area contributed by atoms with Crippen LogP contribution in [0.15, 0.2) is 30.6 Å². The molecular formula is C13H11N3O. The van der Waals surface area contributed by atoms with Gasteiger partial charge in [-0.05, 0) is 37.6 Å². The number of ketones is 1. The van der Waals surface area contributed by atoms with E-state index in [1.54, 1.807) is 29.1 Å². The Balaban J connectivity index is 2.65. The lowest BCUT2D eigenvalue weighted by Gasteiger charge is -2.07. The second kappa shape index (κ2) is 4.22. The molecule has 0 aliphatic heterocycles. The van der Waals surface area contributed by atoms with Gasteiger partial charge in [-0.25, -0.2) is 4.68 Å². The summed E-state index contributed by atoms with van der Waals surface area (Å²) in [5, 5.41) is 13.0. The molecule has 0 bridgehead atoms. The summed E-state index contributed by atoms with van der Waals surface area (Å²) in [6.45, 7) is 3.42. The summed E-state index contributed by atoms with van der Waals surface area (Å²) >= 11 is 0. The first-order valence-corrected chi connectivity index (χ1v) is 5.18. The first kappa shape index (κ1) is 11.1. The highest BCUT2D eigenvalue weighted by Gasteiger charge is 2.10. The zero-order chi connectivity index (χ0) is 12.4. The van der Waals surface area contributed by atoms with Gasteiger partial charge in [0.25, 0.3) is 0 Å². The molecule has 0 radical (unpaired) electrons. The third kappa shape index (κ3) is 2.08. The normalized spacial score (nSPS) is 9.94. The number of hydrogen-bond acceptors (Lipinski definition) is 3. The maximum absolute atomic E-state index is 11.5. The monoisotopic (exact) mass is 225 g/mol. The number of aromatic nitrogens is 2. The van der Waals surface area contributed by atoms with Crippen molar-refractivity contribution in [3.05, 3.63) is 47.3 Å². The molecule has 0 saturated heterocycles. The van der Waals surface area contributed by atoms with Crippen molar-refractivity contribution in [2.45, 2.75) is 13.8 Å². The summed E-state index contributed by atoms with van der Waals surface area (Å²) in [5.41, 5.74) is 2.72. The molecular weight excluding hydrogens is 214 g/mol. The number of hydrogen-bond donors (Lipinski definition) is 0. The average Bonchev–Trinajstić information content (AvgIpc) is 2.75. The molecule has 0 spiro atoms. The summed E-state index contributed by atoms with van der Waals surface area (Å²) in [6, 6.07) is 7.02. The topological polar surface area (TPSA) is 58.7 Å². The Labute approximate surface area is 99.1 Å². The van der Waals surface area contributed by atoms with Crippen LogP contribution in [0.4, 0.5) is 0 Å². The van der Waals surface area contributed by atoms with Gasteiger partial charge in [0.1, 0.15) is 0 Å². The van der Waals surface area contributed by atoms with Crippen molar-refractivity contribution in [2.24, 2.45) is 0 Å². The summed E-state index contributed by atoms with van der Waals surface area (Å²) in [6.07, 6.45) is 3.53. The van der Waals surface area contributed by atoms with Crippen LogP contribution in [0.25, 0.3) is 5.69 Å². The van der Waals surface area contributed by atoms with Gasteiger partial charge < -0.3 is 0 Å². The fraction of sp³-hybridized carbons (Fsp3) is 0.154. The van der Waals surface area contributed by atoms with E-state index in [2.05, 4.69) is 11.2 Å². The highest BCUT2D eigenvalue weighted by Crippen LogP contribution is 2.17. The second-order valence-corrected chi connectivity index (χ2v) is 3.86. The van der Waals surface area contributed by atoms with Crippen molar-refractivity contribution >= 4 is 5.78 Å². The number of benzene rings is 1. The standard InChI is InChI=1S/C13H11N3O/c1-9-7-15-16(8-9)13-5-11(6-14)3-4-12(13)10(2)17/h3-5,7-8H,1-2H3. The van der Waals surface area contributed by atoms with Crippen LogP contribution in [0, 0.1) is 18.3 Å². The van der Waals surface area contributed by atoms with Gasteiger partial charge >= 0.3 is 0 Å². The van der Waals surface area contributed by atoms with Crippen molar-refractivity contribution in [2.75, 3.05) is 0 Å².